The number of nitriles is 13. The van der Waals surface area contributed by atoms with Gasteiger partial charge in [-0.05, 0) is 144 Å². The number of hydrogen-bond donors (Lipinski definition) is 0. The van der Waals surface area contributed by atoms with E-state index in [2.05, 4.69) is 54.6 Å². The Morgan fingerprint density at radius 2 is 0.523 bits per heavy atom. The Balaban J connectivity index is 1.17. The first-order valence-electron chi connectivity index (χ1n) is 26.3. The molecule has 12 rings (SSSR count). The summed E-state index contributed by atoms with van der Waals surface area (Å²) in [7, 11) is 0. The van der Waals surface area contributed by atoms with Crippen molar-refractivity contribution in [3.8, 4) is 146 Å². The standard InChI is InChI=1S/C72H26N16/c73-27-40-15-49(32-78)67(50(16-40)33-79)44-6-10-61-57(23-44)58-24-45(68-51(34-80)17-41(28-74)18-52(68)35-81)7-11-62(58)87(61)65-4-1-3-48(31-77)71(65)72-66(5-2-14-86-72)88-63-12-8-46(69-53(36-82)19-42(29-75)20-54(69)37-83)25-59(63)60-26-47(9-13-64(60)88)70-55(38-84)21-43(30-76)22-56(70)39-85/h1-26H. The van der Waals surface area contributed by atoms with Crippen LogP contribution in [0.15, 0.2) is 158 Å². The van der Waals surface area contributed by atoms with E-state index < -0.39 is 0 Å². The second-order valence-corrected chi connectivity index (χ2v) is 19.9. The highest BCUT2D eigenvalue weighted by Gasteiger charge is 2.27. The SMILES string of the molecule is N#Cc1cc(C#N)c(-c2ccc3c(c2)c2cc(-c4c(C#N)cc(C#N)cc4C#N)ccc2n3-c2cccnc2-c2c(C#N)cccc2-n2c3ccc(-c4c(C#N)cc(C#N)cc4C#N)cc3c3cc(-c4c(C#N)cc(C#N)cc4C#N)ccc32)c(C#N)c1. The number of hydrogen-bond acceptors (Lipinski definition) is 14. The molecular weight excluding hydrogens is 1090 g/mol. The molecule has 0 N–H and O–H groups in total. The fourth-order valence-corrected chi connectivity index (χ4v) is 11.8. The van der Waals surface area contributed by atoms with Crippen LogP contribution in [0, 0.1) is 147 Å². The van der Waals surface area contributed by atoms with Gasteiger partial charge < -0.3 is 9.13 Å². The smallest absolute Gasteiger partial charge is 0.0999 e. The van der Waals surface area contributed by atoms with Crippen molar-refractivity contribution in [1.29, 1.82) is 68.4 Å². The van der Waals surface area contributed by atoms with Gasteiger partial charge in [0.15, 0.2) is 0 Å². The molecule has 3 heterocycles. The fraction of sp³-hybridized carbons (Fsp3) is 0. The third-order valence-electron chi connectivity index (χ3n) is 15.4. The topological polar surface area (TPSA) is 332 Å². The van der Waals surface area contributed by atoms with Crippen molar-refractivity contribution in [3.05, 3.63) is 230 Å². The fourth-order valence-electron chi connectivity index (χ4n) is 11.8. The van der Waals surface area contributed by atoms with Gasteiger partial charge in [-0.3, -0.25) is 4.98 Å². The molecule has 12 aromatic rings. The van der Waals surface area contributed by atoms with Gasteiger partial charge in [0.1, 0.15) is 0 Å². The molecule has 16 nitrogen and oxygen atoms in total. The molecule has 0 saturated heterocycles. The first-order valence-corrected chi connectivity index (χ1v) is 26.3. The Morgan fingerprint density at radius 1 is 0.250 bits per heavy atom. The summed E-state index contributed by atoms with van der Waals surface area (Å²) in [5.74, 6) is 0. The van der Waals surface area contributed by atoms with E-state index in [1.54, 1.807) is 48.7 Å². The van der Waals surface area contributed by atoms with Crippen LogP contribution in [0.4, 0.5) is 0 Å². The Hall–Kier alpha value is -14.9. The third kappa shape index (κ3) is 8.39. The summed E-state index contributed by atoms with van der Waals surface area (Å²) in [5.41, 5.74) is 8.29. The zero-order chi connectivity index (χ0) is 61.5. The summed E-state index contributed by atoms with van der Waals surface area (Å²) in [6.07, 6.45) is 1.59. The lowest BCUT2D eigenvalue weighted by Crippen LogP contribution is -2.05. The highest BCUT2D eigenvalue weighted by atomic mass is 15.0. The normalized spacial score (nSPS) is 10.4. The van der Waals surface area contributed by atoms with Crippen molar-refractivity contribution in [2.75, 3.05) is 0 Å². The minimum absolute atomic E-state index is 0.0830. The highest BCUT2D eigenvalue weighted by Crippen LogP contribution is 2.46. The zero-order valence-corrected chi connectivity index (χ0v) is 45.2. The number of pyridine rings is 1. The van der Waals surface area contributed by atoms with Crippen molar-refractivity contribution in [1.82, 2.24) is 14.1 Å². The Labute approximate surface area is 499 Å². The van der Waals surface area contributed by atoms with E-state index in [0.717, 1.165) is 0 Å². The molecule has 0 aliphatic rings. The Kier molecular flexibility index (Phi) is 13.1. The van der Waals surface area contributed by atoms with Gasteiger partial charge in [-0.25, -0.2) is 0 Å². The average molecular weight is 1120 g/mol. The van der Waals surface area contributed by atoms with Crippen LogP contribution in [0.5, 0.6) is 0 Å². The molecule has 0 spiro atoms. The van der Waals surface area contributed by atoms with Crippen LogP contribution in [0.2, 0.25) is 0 Å². The summed E-state index contributed by atoms with van der Waals surface area (Å²) in [6.45, 7) is 0. The van der Waals surface area contributed by atoms with Crippen LogP contribution >= 0.6 is 0 Å². The van der Waals surface area contributed by atoms with Gasteiger partial charge in [-0.15, -0.1) is 0 Å². The summed E-state index contributed by atoms with van der Waals surface area (Å²) in [5, 5.41) is 136. The predicted molar refractivity (Wildman–Crippen MR) is 321 cm³/mol. The maximum atomic E-state index is 11.2. The molecule has 0 fully saturated rings. The van der Waals surface area contributed by atoms with Crippen molar-refractivity contribution < 1.29 is 0 Å². The van der Waals surface area contributed by atoms with E-state index in [1.165, 1.54) is 48.5 Å². The van der Waals surface area contributed by atoms with Crippen LogP contribution in [-0.2, 0) is 0 Å². The minimum atomic E-state index is 0.0830. The molecule has 0 atom stereocenters. The molecule has 0 amide bonds. The van der Waals surface area contributed by atoms with Gasteiger partial charge >= 0.3 is 0 Å². The van der Waals surface area contributed by atoms with Crippen molar-refractivity contribution in [2.24, 2.45) is 0 Å². The molecule has 0 bridgehead atoms. The van der Waals surface area contributed by atoms with E-state index in [-0.39, 0.29) is 94.6 Å². The van der Waals surface area contributed by atoms with Gasteiger partial charge in [0.2, 0.25) is 0 Å². The van der Waals surface area contributed by atoms with Gasteiger partial charge in [-0.2, -0.15) is 68.4 Å². The number of aromatic nitrogens is 3. The summed E-state index contributed by atoms with van der Waals surface area (Å²) >= 11 is 0. The maximum absolute atomic E-state index is 11.2. The third-order valence-corrected chi connectivity index (χ3v) is 15.4. The number of rotatable bonds is 7. The van der Waals surface area contributed by atoms with E-state index in [1.807, 2.05) is 94.1 Å². The lowest BCUT2D eigenvalue weighted by Gasteiger charge is -2.19. The second-order valence-electron chi connectivity index (χ2n) is 19.9. The van der Waals surface area contributed by atoms with Crippen LogP contribution in [0.1, 0.15) is 72.3 Å². The quantitative estimate of drug-likeness (QED) is 0.143. The lowest BCUT2D eigenvalue weighted by molar-refractivity contribution is 1.12. The summed E-state index contributed by atoms with van der Waals surface area (Å²) in [6, 6.07) is 69.3. The van der Waals surface area contributed by atoms with E-state index in [4.69, 9.17) is 4.98 Å². The van der Waals surface area contributed by atoms with Gasteiger partial charge in [-0.1, -0.05) is 30.3 Å². The molecule has 0 aliphatic carbocycles. The molecule has 0 aliphatic heterocycles. The zero-order valence-electron chi connectivity index (χ0n) is 45.2. The maximum Gasteiger partial charge on any atom is 0.0999 e. The molecule has 0 saturated carbocycles. The molecule has 88 heavy (non-hydrogen) atoms. The number of nitrogens with zero attached hydrogens (tertiary/aromatic N) is 16. The van der Waals surface area contributed by atoms with E-state index >= 15 is 0 Å². The Morgan fingerprint density at radius 3 is 0.795 bits per heavy atom. The molecule has 3 aromatic heterocycles. The van der Waals surface area contributed by atoms with Crippen LogP contribution in [0.3, 0.4) is 0 Å². The van der Waals surface area contributed by atoms with Crippen molar-refractivity contribution in [2.45, 2.75) is 0 Å². The molecule has 0 unspecified atom stereocenters. The largest absolute Gasteiger partial charge is 0.309 e. The minimum Gasteiger partial charge on any atom is -0.309 e. The molecule has 16 heteroatoms. The summed E-state index contributed by atoms with van der Waals surface area (Å²) < 4.78 is 3.89. The van der Waals surface area contributed by atoms with Crippen LogP contribution in [0.25, 0.3) is 111 Å². The lowest BCUT2D eigenvalue weighted by atomic mass is 9.91. The molecule has 9 aromatic carbocycles. The molecule has 394 valence electrons. The average Bonchev–Trinajstić information content (AvgIpc) is 1.70. The highest BCUT2D eigenvalue weighted by molar-refractivity contribution is 6.14. The van der Waals surface area contributed by atoms with Gasteiger partial charge in [0, 0.05) is 55.6 Å². The first-order chi connectivity index (χ1) is 43.0. The predicted octanol–water partition coefficient (Wildman–Crippen LogP) is 13.9. The monoisotopic (exact) mass is 1110 g/mol. The van der Waals surface area contributed by atoms with Crippen molar-refractivity contribution >= 4 is 43.6 Å². The van der Waals surface area contributed by atoms with E-state index in [0.29, 0.717) is 88.5 Å². The summed E-state index contributed by atoms with van der Waals surface area (Å²) in [4.78, 5) is 5.07. The van der Waals surface area contributed by atoms with Gasteiger partial charge in [0.05, 0.1) is 190 Å². The van der Waals surface area contributed by atoms with Crippen LogP contribution < -0.4 is 0 Å². The van der Waals surface area contributed by atoms with E-state index in [9.17, 15) is 68.4 Å². The molecular formula is C72H26N16. The first kappa shape index (κ1) is 53.7. The number of fused-ring (bicyclic) bond motifs is 6. The number of benzene rings is 9. The van der Waals surface area contributed by atoms with Crippen molar-refractivity contribution in [3.63, 3.8) is 0 Å². The molecule has 0 radical (unpaired) electrons. The van der Waals surface area contributed by atoms with Gasteiger partial charge in [0.25, 0.3) is 0 Å². The second kappa shape index (κ2) is 21.5. The Bertz CT molecular complexity index is 5380. The van der Waals surface area contributed by atoms with Crippen LogP contribution in [-0.4, -0.2) is 14.1 Å².